The van der Waals surface area contributed by atoms with E-state index in [1.807, 2.05) is 26.0 Å². The summed E-state index contributed by atoms with van der Waals surface area (Å²) in [5, 5.41) is 3.08. The molecule has 2 N–H and O–H groups in total. The van der Waals surface area contributed by atoms with Gasteiger partial charge in [0.1, 0.15) is 11.9 Å². The normalized spacial score (nSPS) is 22.3. The molecule has 2 aliphatic rings. The number of amidine groups is 1. The van der Waals surface area contributed by atoms with Crippen molar-refractivity contribution < 1.29 is 13.2 Å². The number of carbonyl (C=O) groups is 1. The molecule has 1 saturated heterocycles. The third-order valence-corrected chi connectivity index (χ3v) is 8.49. The molecule has 1 fully saturated rings. The summed E-state index contributed by atoms with van der Waals surface area (Å²) in [5.74, 6) is 0.700. The van der Waals surface area contributed by atoms with Crippen molar-refractivity contribution in [1.29, 1.82) is 0 Å². The van der Waals surface area contributed by atoms with Gasteiger partial charge < -0.3 is 5.32 Å². The second-order valence-corrected chi connectivity index (χ2v) is 11.5. The summed E-state index contributed by atoms with van der Waals surface area (Å²) in [6.45, 7) is 9.78. The van der Waals surface area contributed by atoms with Crippen molar-refractivity contribution in [3.63, 3.8) is 0 Å². The van der Waals surface area contributed by atoms with Crippen LogP contribution in [0.5, 0.6) is 0 Å². The summed E-state index contributed by atoms with van der Waals surface area (Å²) in [4.78, 5) is 20.6. The molecule has 4 rings (SSSR count). The monoisotopic (exact) mass is 496 g/mol. The highest BCUT2D eigenvalue weighted by Crippen LogP contribution is 2.24. The van der Waals surface area contributed by atoms with Gasteiger partial charge in [-0.2, -0.15) is 0 Å². The van der Waals surface area contributed by atoms with E-state index >= 15 is 0 Å². The number of carbonyl (C=O) groups excluding carboxylic acids is 1. The van der Waals surface area contributed by atoms with Crippen LogP contribution >= 0.6 is 0 Å². The molecule has 0 aromatic heterocycles. The van der Waals surface area contributed by atoms with Crippen LogP contribution in [-0.2, 0) is 27.9 Å². The first-order valence-electron chi connectivity index (χ1n) is 12.6. The van der Waals surface area contributed by atoms with Crippen LogP contribution in [-0.4, -0.2) is 44.2 Å². The molecule has 0 bridgehead atoms. The molecular weight excluding hydrogens is 460 g/mol. The molecule has 3 atom stereocenters. The number of nitrogens with one attached hydrogen (secondary N) is 2. The molecule has 0 aliphatic carbocycles. The smallest absolute Gasteiger partial charge is 0.263 e. The number of nitrogens with zero attached hydrogens (tertiary/aromatic N) is 2. The van der Waals surface area contributed by atoms with Crippen LogP contribution in [0.4, 0.5) is 0 Å². The Balaban J connectivity index is 1.50. The molecule has 1 unspecified atom stereocenters. The molecule has 188 valence electrons. The van der Waals surface area contributed by atoms with Gasteiger partial charge in [0.2, 0.25) is 5.91 Å². The van der Waals surface area contributed by atoms with Crippen LogP contribution in [0.15, 0.2) is 58.4 Å². The highest BCUT2D eigenvalue weighted by Gasteiger charge is 2.33. The number of fused-ring (bicyclic) bond motifs is 1. The number of hydrogen-bond acceptors (Lipinski definition) is 5. The van der Waals surface area contributed by atoms with E-state index in [2.05, 4.69) is 39.0 Å². The number of benzene rings is 2. The molecule has 8 heteroatoms. The molecule has 2 aromatic carbocycles. The van der Waals surface area contributed by atoms with Gasteiger partial charge in [-0.1, -0.05) is 63.6 Å². The van der Waals surface area contributed by atoms with Gasteiger partial charge in [0.15, 0.2) is 0 Å². The fraction of sp³-hybridized carbons (Fsp3) is 0.481. The maximum absolute atomic E-state index is 13.3. The maximum Gasteiger partial charge on any atom is 0.263 e. The van der Waals surface area contributed by atoms with Crippen LogP contribution < -0.4 is 10.0 Å². The van der Waals surface area contributed by atoms with E-state index in [0.29, 0.717) is 18.0 Å². The van der Waals surface area contributed by atoms with Crippen molar-refractivity contribution in [2.24, 2.45) is 16.8 Å². The standard InChI is InChI=1S/C27H36N4O3S/c1-4-20(3)25(29-26-23-13-7-8-14-24(23)35(33,34)30-26)27(32)28-16-21-11-5-6-12-22(21)18-31-15-9-10-19(2)17-31/h5-8,11-14,19-20,25H,4,9-10,15-18H2,1-3H3,(H,28,32)(H,29,30)/t19?,20-,25-/m0/s1. The average Bonchev–Trinajstić information content (AvgIpc) is 3.11. The summed E-state index contributed by atoms with van der Waals surface area (Å²) >= 11 is 0. The Hall–Kier alpha value is -2.71. The number of amides is 1. The van der Waals surface area contributed by atoms with Crippen molar-refractivity contribution in [2.75, 3.05) is 13.1 Å². The van der Waals surface area contributed by atoms with Gasteiger partial charge in [-0.3, -0.25) is 19.4 Å². The summed E-state index contributed by atoms with van der Waals surface area (Å²) in [6.07, 6.45) is 3.26. The van der Waals surface area contributed by atoms with Crippen molar-refractivity contribution in [1.82, 2.24) is 14.9 Å². The molecule has 35 heavy (non-hydrogen) atoms. The second-order valence-electron chi connectivity index (χ2n) is 9.88. The van der Waals surface area contributed by atoms with E-state index in [4.69, 9.17) is 0 Å². The van der Waals surface area contributed by atoms with Crippen LogP contribution in [0.1, 0.15) is 56.7 Å². The van der Waals surface area contributed by atoms with Gasteiger partial charge in [-0.25, -0.2) is 8.42 Å². The summed E-state index contributed by atoms with van der Waals surface area (Å²) in [6, 6.07) is 14.3. The lowest BCUT2D eigenvalue weighted by atomic mass is 9.98. The van der Waals surface area contributed by atoms with Gasteiger partial charge in [-0.15, -0.1) is 0 Å². The zero-order valence-electron chi connectivity index (χ0n) is 20.8. The first-order chi connectivity index (χ1) is 16.8. The maximum atomic E-state index is 13.3. The zero-order valence-corrected chi connectivity index (χ0v) is 21.6. The number of hydrogen-bond donors (Lipinski definition) is 2. The van der Waals surface area contributed by atoms with E-state index in [1.54, 1.807) is 24.3 Å². The van der Waals surface area contributed by atoms with Gasteiger partial charge in [-0.05, 0) is 54.5 Å². The average molecular weight is 497 g/mol. The Labute approximate surface area is 209 Å². The Bertz CT molecular complexity index is 1190. The number of likely N-dealkylation sites (tertiary alicyclic amines) is 1. The van der Waals surface area contributed by atoms with Crippen molar-refractivity contribution in [2.45, 2.75) is 64.1 Å². The van der Waals surface area contributed by atoms with Gasteiger partial charge in [0.25, 0.3) is 10.0 Å². The minimum atomic E-state index is -3.65. The SMILES string of the molecule is CC[C@H](C)[C@H](N=C1NS(=O)(=O)c2ccccc21)C(=O)NCc1ccccc1CN1CCCC(C)C1. The van der Waals surface area contributed by atoms with E-state index in [0.717, 1.165) is 31.6 Å². The fourth-order valence-corrected chi connectivity index (χ4v) is 6.12. The molecule has 0 saturated carbocycles. The molecule has 1 amide bonds. The predicted molar refractivity (Wildman–Crippen MR) is 139 cm³/mol. The molecule has 0 spiro atoms. The van der Waals surface area contributed by atoms with Crippen LogP contribution in [0.3, 0.4) is 0 Å². The summed E-state index contributed by atoms with van der Waals surface area (Å²) in [5.41, 5.74) is 2.84. The van der Waals surface area contributed by atoms with E-state index in [9.17, 15) is 13.2 Å². The van der Waals surface area contributed by atoms with Crippen molar-refractivity contribution in [3.8, 4) is 0 Å². The lowest BCUT2D eigenvalue weighted by molar-refractivity contribution is -0.123. The number of aliphatic imine (C=N–C) groups is 1. The van der Waals surface area contributed by atoms with Crippen LogP contribution in [0.2, 0.25) is 0 Å². The third-order valence-electron chi connectivity index (χ3n) is 7.09. The quantitative estimate of drug-likeness (QED) is 0.583. The highest BCUT2D eigenvalue weighted by atomic mass is 32.2. The van der Waals surface area contributed by atoms with Gasteiger partial charge >= 0.3 is 0 Å². The van der Waals surface area contributed by atoms with E-state index in [-0.39, 0.29) is 22.6 Å². The lowest BCUT2D eigenvalue weighted by Crippen LogP contribution is -2.39. The van der Waals surface area contributed by atoms with Gasteiger partial charge in [0, 0.05) is 25.2 Å². The minimum Gasteiger partial charge on any atom is -0.350 e. The first kappa shape index (κ1) is 25.4. The largest absolute Gasteiger partial charge is 0.350 e. The number of piperidine rings is 1. The van der Waals surface area contributed by atoms with Crippen LogP contribution in [0.25, 0.3) is 0 Å². The fourth-order valence-electron chi connectivity index (χ4n) is 4.88. The first-order valence-corrected chi connectivity index (χ1v) is 14.0. The lowest BCUT2D eigenvalue weighted by Gasteiger charge is -2.31. The second kappa shape index (κ2) is 10.9. The molecule has 2 aromatic rings. The predicted octanol–water partition coefficient (Wildman–Crippen LogP) is 3.69. The van der Waals surface area contributed by atoms with Crippen molar-refractivity contribution >= 4 is 21.8 Å². The number of rotatable bonds is 8. The number of sulfonamides is 1. The Morgan fingerprint density at radius 1 is 1.17 bits per heavy atom. The summed E-state index contributed by atoms with van der Waals surface area (Å²) < 4.78 is 27.5. The third kappa shape index (κ3) is 5.93. The van der Waals surface area contributed by atoms with E-state index in [1.165, 1.54) is 18.4 Å². The van der Waals surface area contributed by atoms with Crippen LogP contribution in [0, 0.1) is 11.8 Å². The molecular formula is C27H36N4O3S. The molecule has 2 heterocycles. The minimum absolute atomic E-state index is 0.0511. The molecule has 7 nitrogen and oxygen atoms in total. The van der Waals surface area contributed by atoms with Gasteiger partial charge in [0.05, 0.1) is 4.90 Å². The highest BCUT2D eigenvalue weighted by molar-refractivity contribution is 7.90. The van der Waals surface area contributed by atoms with E-state index < -0.39 is 16.1 Å². The van der Waals surface area contributed by atoms with Crippen molar-refractivity contribution in [3.05, 3.63) is 65.2 Å². The zero-order chi connectivity index (χ0) is 25.0. The Kier molecular flexibility index (Phi) is 7.91. The topological polar surface area (TPSA) is 90.9 Å². The Morgan fingerprint density at radius 2 is 1.89 bits per heavy atom. The Morgan fingerprint density at radius 3 is 2.63 bits per heavy atom. The molecule has 2 aliphatic heterocycles. The molecule has 0 radical (unpaired) electrons. The summed E-state index contributed by atoms with van der Waals surface area (Å²) in [7, 11) is -3.65.